The standard InChI is InChI=1S/C19H24ClN3O3S/c1-12-6-5-8-15(13(12)2)21-17(24)11-27-19-23-22-18(26-19)10-25-16-9-4-3-7-14(16)20/h3-4,7,9,12-13,15H,5-6,8,10-11H2,1-2H3,(H,21,24)/t12-,13-,15-/m1/s1. The molecule has 1 amide bonds. The van der Waals surface area contributed by atoms with Gasteiger partial charge in [-0.05, 0) is 30.4 Å². The van der Waals surface area contributed by atoms with Crippen molar-refractivity contribution >= 4 is 29.3 Å². The van der Waals surface area contributed by atoms with Crippen LogP contribution in [-0.4, -0.2) is 27.9 Å². The number of aromatic nitrogens is 2. The molecule has 0 radical (unpaired) electrons. The lowest BCUT2D eigenvalue weighted by Gasteiger charge is -2.34. The number of halogens is 1. The summed E-state index contributed by atoms with van der Waals surface area (Å²) in [6, 6.07) is 7.44. The summed E-state index contributed by atoms with van der Waals surface area (Å²) >= 11 is 7.27. The lowest BCUT2D eigenvalue weighted by atomic mass is 9.78. The molecule has 27 heavy (non-hydrogen) atoms. The Bertz CT molecular complexity index is 770. The van der Waals surface area contributed by atoms with Crippen LogP contribution in [0.5, 0.6) is 5.75 Å². The molecule has 1 aliphatic carbocycles. The van der Waals surface area contributed by atoms with E-state index in [-0.39, 0.29) is 24.3 Å². The first-order valence-corrected chi connectivity index (χ1v) is 10.5. The normalized spacial score (nSPS) is 22.4. The number of hydrogen-bond acceptors (Lipinski definition) is 6. The second-order valence-electron chi connectivity index (χ2n) is 6.91. The van der Waals surface area contributed by atoms with Crippen LogP contribution < -0.4 is 10.1 Å². The summed E-state index contributed by atoms with van der Waals surface area (Å²) in [4.78, 5) is 12.2. The van der Waals surface area contributed by atoms with Crippen LogP contribution in [0.2, 0.25) is 5.02 Å². The third-order valence-electron chi connectivity index (χ3n) is 5.02. The Kier molecular flexibility index (Phi) is 7.01. The second-order valence-corrected chi connectivity index (χ2v) is 8.24. The highest BCUT2D eigenvalue weighted by Gasteiger charge is 2.28. The zero-order chi connectivity index (χ0) is 19.2. The summed E-state index contributed by atoms with van der Waals surface area (Å²) in [6.07, 6.45) is 3.46. The van der Waals surface area contributed by atoms with Crippen molar-refractivity contribution in [2.24, 2.45) is 11.8 Å². The van der Waals surface area contributed by atoms with E-state index in [1.165, 1.54) is 24.6 Å². The fraction of sp³-hybridized carbons (Fsp3) is 0.526. The molecule has 1 aliphatic rings. The molecule has 3 atom stereocenters. The Balaban J connectivity index is 1.44. The summed E-state index contributed by atoms with van der Waals surface area (Å²) in [5, 5.41) is 11.9. The Labute approximate surface area is 168 Å². The topological polar surface area (TPSA) is 77.2 Å². The zero-order valence-electron chi connectivity index (χ0n) is 15.5. The monoisotopic (exact) mass is 409 g/mol. The van der Waals surface area contributed by atoms with Gasteiger partial charge in [-0.25, -0.2) is 0 Å². The van der Waals surface area contributed by atoms with E-state index in [4.69, 9.17) is 20.8 Å². The predicted octanol–water partition coefficient (Wildman–Crippen LogP) is 4.34. The molecule has 146 valence electrons. The first-order valence-electron chi connectivity index (χ1n) is 9.15. The molecule has 0 spiro atoms. The van der Waals surface area contributed by atoms with Gasteiger partial charge in [0.05, 0.1) is 10.8 Å². The number of hydrogen-bond donors (Lipinski definition) is 1. The zero-order valence-corrected chi connectivity index (χ0v) is 17.1. The lowest BCUT2D eigenvalue weighted by Crippen LogP contribution is -2.44. The minimum absolute atomic E-state index is 0.00184. The summed E-state index contributed by atoms with van der Waals surface area (Å²) in [5.74, 6) is 2.30. The minimum Gasteiger partial charge on any atom is -0.482 e. The molecule has 0 bridgehead atoms. The molecule has 1 aromatic carbocycles. The highest BCUT2D eigenvalue weighted by atomic mass is 35.5. The maximum atomic E-state index is 12.2. The van der Waals surface area contributed by atoms with E-state index >= 15 is 0 Å². The first-order chi connectivity index (χ1) is 13.0. The van der Waals surface area contributed by atoms with Crippen LogP contribution in [0.4, 0.5) is 0 Å². The fourth-order valence-corrected chi connectivity index (χ4v) is 4.00. The number of thioether (sulfide) groups is 1. The van der Waals surface area contributed by atoms with Crippen LogP contribution in [0.15, 0.2) is 33.9 Å². The molecule has 1 aromatic heterocycles. The number of rotatable bonds is 7. The predicted molar refractivity (Wildman–Crippen MR) is 105 cm³/mol. The van der Waals surface area contributed by atoms with Gasteiger partial charge < -0.3 is 14.5 Å². The van der Waals surface area contributed by atoms with E-state index in [9.17, 15) is 4.79 Å². The molecule has 0 saturated heterocycles. The van der Waals surface area contributed by atoms with E-state index in [1.54, 1.807) is 12.1 Å². The van der Waals surface area contributed by atoms with E-state index in [0.717, 1.165) is 6.42 Å². The molecule has 1 heterocycles. The van der Waals surface area contributed by atoms with Gasteiger partial charge in [-0.3, -0.25) is 4.79 Å². The van der Waals surface area contributed by atoms with E-state index in [0.29, 0.717) is 33.7 Å². The third-order valence-corrected chi connectivity index (χ3v) is 6.15. The van der Waals surface area contributed by atoms with Crippen molar-refractivity contribution < 1.29 is 13.9 Å². The van der Waals surface area contributed by atoms with Gasteiger partial charge in [0.2, 0.25) is 5.91 Å². The number of para-hydroxylation sites is 1. The first kappa shape index (κ1) is 20.0. The quantitative estimate of drug-likeness (QED) is 0.685. The smallest absolute Gasteiger partial charge is 0.277 e. The fourth-order valence-electron chi connectivity index (χ4n) is 3.22. The van der Waals surface area contributed by atoms with Crippen molar-refractivity contribution in [3.63, 3.8) is 0 Å². The summed E-state index contributed by atoms with van der Waals surface area (Å²) in [5.41, 5.74) is 0. The molecular weight excluding hydrogens is 386 g/mol. The second kappa shape index (κ2) is 9.46. The Morgan fingerprint density at radius 3 is 2.96 bits per heavy atom. The molecule has 0 unspecified atom stereocenters. The van der Waals surface area contributed by atoms with Crippen LogP contribution in [0, 0.1) is 11.8 Å². The molecule has 1 N–H and O–H groups in total. The average molecular weight is 410 g/mol. The van der Waals surface area contributed by atoms with Crippen molar-refractivity contribution in [3.05, 3.63) is 35.2 Å². The van der Waals surface area contributed by atoms with Crippen LogP contribution in [0.25, 0.3) is 0 Å². The molecular formula is C19H24ClN3O3S. The number of benzene rings is 1. The van der Waals surface area contributed by atoms with E-state index < -0.39 is 0 Å². The van der Waals surface area contributed by atoms with Crippen molar-refractivity contribution in [1.82, 2.24) is 15.5 Å². The van der Waals surface area contributed by atoms with Gasteiger partial charge in [0, 0.05) is 6.04 Å². The minimum atomic E-state index is -0.00184. The molecule has 1 fully saturated rings. The van der Waals surface area contributed by atoms with E-state index in [1.807, 2.05) is 12.1 Å². The Morgan fingerprint density at radius 2 is 2.15 bits per heavy atom. The summed E-state index contributed by atoms with van der Waals surface area (Å²) in [6.45, 7) is 4.59. The maximum absolute atomic E-state index is 12.2. The van der Waals surface area contributed by atoms with Crippen LogP contribution >= 0.6 is 23.4 Å². The number of ether oxygens (including phenoxy) is 1. The Hall–Kier alpha value is -1.73. The number of nitrogens with one attached hydrogen (secondary N) is 1. The van der Waals surface area contributed by atoms with Gasteiger partial charge in [-0.2, -0.15) is 0 Å². The van der Waals surface area contributed by atoms with Crippen LogP contribution in [0.1, 0.15) is 39.0 Å². The van der Waals surface area contributed by atoms with Gasteiger partial charge in [-0.15, -0.1) is 10.2 Å². The average Bonchev–Trinajstić information content (AvgIpc) is 3.11. The molecule has 6 nitrogen and oxygen atoms in total. The van der Waals surface area contributed by atoms with Crippen molar-refractivity contribution in [2.75, 3.05) is 5.75 Å². The number of amides is 1. The van der Waals surface area contributed by atoms with Gasteiger partial charge in [-0.1, -0.05) is 62.2 Å². The third kappa shape index (κ3) is 5.62. The van der Waals surface area contributed by atoms with Crippen molar-refractivity contribution in [3.8, 4) is 5.75 Å². The van der Waals surface area contributed by atoms with Gasteiger partial charge >= 0.3 is 0 Å². The molecule has 3 rings (SSSR count). The SMILES string of the molecule is C[C@@H]1[C@H](C)CCC[C@H]1NC(=O)CSc1nnc(COc2ccccc2Cl)o1. The molecule has 1 saturated carbocycles. The van der Waals surface area contributed by atoms with Crippen molar-refractivity contribution in [1.29, 1.82) is 0 Å². The van der Waals surface area contributed by atoms with Gasteiger partial charge in [0.15, 0.2) is 6.61 Å². The van der Waals surface area contributed by atoms with Gasteiger partial charge in [0.25, 0.3) is 11.1 Å². The van der Waals surface area contributed by atoms with Crippen LogP contribution in [0.3, 0.4) is 0 Å². The number of carbonyl (C=O) groups is 1. The molecule has 2 aromatic rings. The number of nitrogens with zero attached hydrogens (tertiary/aromatic N) is 2. The van der Waals surface area contributed by atoms with Gasteiger partial charge in [0.1, 0.15) is 5.75 Å². The summed E-state index contributed by atoms with van der Waals surface area (Å²) < 4.78 is 11.1. The Morgan fingerprint density at radius 1 is 1.33 bits per heavy atom. The highest BCUT2D eigenvalue weighted by molar-refractivity contribution is 7.99. The maximum Gasteiger partial charge on any atom is 0.277 e. The lowest BCUT2D eigenvalue weighted by molar-refractivity contribution is -0.120. The highest BCUT2D eigenvalue weighted by Crippen LogP contribution is 2.29. The van der Waals surface area contributed by atoms with Crippen molar-refractivity contribution in [2.45, 2.75) is 51.0 Å². The molecule has 0 aliphatic heterocycles. The van der Waals surface area contributed by atoms with E-state index in [2.05, 4.69) is 29.4 Å². The largest absolute Gasteiger partial charge is 0.482 e. The summed E-state index contributed by atoms with van der Waals surface area (Å²) in [7, 11) is 0. The molecule has 8 heteroatoms. The van der Waals surface area contributed by atoms with Crippen LogP contribution in [-0.2, 0) is 11.4 Å². The number of carbonyl (C=O) groups excluding carboxylic acids is 1.